The fourth-order valence-corrected chi connectivity index (χ4v) is 4.41. The molecule has 1 saturated heterocycles. The summed E-state index contributed by atoms with van der Waals surface area (Å²) in [6.07, 6.45) is 4.38. The van der Waals surface area contributed by atoms with Gasteiger partial charge in [0.2, 0.25) is 5.88 Å². The fourth-order valence-electron chi connectivity index (χ4n) is 4.11. The quantitative estimate of drug-likeness (QED) is 0.493. The first-order valence-corrected chi connectivity index (χ1v) is 11.3. The van der Waals surface area contributed by atoms with Crippen molar-refractivity contribution in [1.29, 1.82) is 0 Å². The Labute approximate surface area is 187 Å². The highest BCUT2D eigenvalue weighted by molar-refractivity contribution is 6.31. The standard InChI is InChI=1S/C23H27Cl2N3O2/c24-18-7-5-17(6-8-18)15-28-22-10-9-19(25)14-21(22)23(26-28)30-13-3-12-27-11-2-1-4-20(27)16-29/h5-10,14,20,29H,1-4,11-13,15-16H2. The lowest BCUT2D eigenvalue weighted by Gasteiger charge is -2.34. The third-order valence-electron chi connectivity index (χ3n) is 5.71. The van der Waals surface area contributed by atoms with Crippen molar-refractivity contribution in [3.05, 3.63) is 58.1 Å². The Kier molecular flexibility index (Phi) is 7.16. The Balaban J connectivity index is 1.44. The third-order valence-corrected chi connectivity index (χ3v) is 6.20. The van der Waals surface area contributed by atoms with E-state index >= 15 is 0 Å². The van der Waals surface area contributed by atoms with Crippen LogP contribution in [0.2, 0.25) is 10.0 Å². The highest BCUT2D eigenvalue weighted by Gasteiger charge is 2.21. The van der Waals surface area contributed by atoms with Crippen LogP contribution >= 0.6 is 23.2 Å². The zero-order valence-corrected chi connectivity index (χ0v) is 18.4. The average Bonchev–Trinajstić information content (AvgIpc) is 3.09. The molecule has 1 atom stereocenters. The molecule has 5 nitrogen and oxygen atoms in total. The number of aliphatic hydroxyl groups is 1. The van der Waals surface area contributed by atoms with Gasteiger partial charge >= 0.3 is 0 Å². The summed E-state index contributed by atoms with van der Waals surface area (Å²) in [6, 6.07) is 13.8. The van der Waals surface area contributed by atoms with Gasteiger partial charge < -0.3 is 9.84 Å². The van der Waals surface area contributed by atoms with Gasteiger partial charge in [0, 0.05) is 22.6 Å². The molecule has 0 amide bonds. The zero-order chi connectivity index (χ0) is 20.9. The van der Waals surface area contributed by atoms with Crippen LogP contribution in [0, 0.1) is 0 Å². The summed E-state index contributed by atoms with van der Waals surface area (Å²) in [7, 11) is 0. The van der Waals surface area contributed by atoms with E-state index in [9.17, 15) is 5.11 Å². The number of benzene rings is 2. The number of piperidine rings is 1. The molecule has 1 aliphatic rings. The summed E-state index contributed by atoms with van der Waals surface area (Å²) >= 11 is 12.2. The molecule has 3 aromatic rings. The number of likely N-dealkylation sites (tertiary alicyclic amines) is 1. The van der Waals surface area contributed by atoms with E-state index in [4.69, 9.17) is 33.0 Å². The number of ether oxygens (including phenoxy) is 1. The van der Waals surface area contributed by atoms with Gasteiger partial charge in [-0.1, -0.05) is 41.8 Å². The number of hydrogen-bond donors (Lipinski definition) is 1. The van der Waals surface area contributed by atoms with Crippen molar-refractivity contribution in [2.24, 2.45) is 0 Å². The monoisotopic (exact) mass is 447 g/mol. The number of hydrogen-bond acceptors (Lipinski definition) is 4. The van der Waals surface area contributed by atoms with Gasteiger partial charge in [-0.25, -0.2) is 0 Å². The van der Waals surface area contributed by atoms with Gasteiger partial charge in [-0.15, -0.1) is 5.10 Å². The van der Waals surface area contributed by atoms with Gasteiger partial charge in [0.25, 0.3) is 0 Å². The Morgan fingerprint density at radius 3 is 2.67 bits per heavy atom. The lowest BCUT2D eigenvalue weighted by molar-refractivity contribution is 0.0849. The van der Waals surface area contributed by atoms with Crippen LogP contribution in [0.25, 0.3) is 10.9 Å². The van der Waals surface area contributed by atoms with Crippen LogP contribution in [0.3, 0.4) is 0 Å². The van der Waals surface area contributed by atoms with Crippen LogP contribution in [0.4, 0.5) is 0 Å². The molecule has 2 heterocycles. The maximum absolute atomic E-state index is 9.57. The van der Waals surface area contributed by atoms with Crippen LogP contribution in [0.5, 0.6) is 5.88 Å². The van der Waals surface area contributed by atoms with Gasteiger partial charge in [-0.3, -0.25) is 9.58 Å². The summed E-state index contributed by atoms with van der Waals surface area (Å²) in [5.41, 5.74) is 2.10. The minimum absolute atomic E-state index is 0.235. The summed E-state index contributed by atoms with van der Waals surface area (Å²) in [5, 5.41) is 16.6. The molecule has 0 radical (unpaired) electrons. The maximum Gasteiger partial charge on any atom is 0.240 e. The number of nitrogens with zero attached hydrogens (tertiary/aromatic N) is 3. The number of rotatable bonds is 8. The van der Waals surface area contributed by atoms with E-state index in [2.05, 4.69) is 4.90 Å². The minimum atomic E-state index is 0.235. The second-order valence-corrected chi connectivity index (χ2v) is 8.69. The van der Waals surface area contributed by atoms with Crippen LogP contribution in [-0.4, -0.2) is 52.1 Å². The van der Waals surface area contributed by atoms with E-state index in [1.54, 1.807) is 0 Å². The fraction of sp³-hybridized carbons (Fsp3) is 0.435. The molecule has 0 spiro atoms. The van der Waals surface area contributed by atoms with Crippen molar-refractivity contribution < 1.29 is 9.84 Å². The van der Waals surface area contributed by atoms with Crippen molar-refractivity contribution in [1.82, 2.24) is 14.7 Å². The molecule has 1 aliphatic heterocycles. The zero-order valence-electron chi connectivity index (χ0n) is 16.9. The molecule has 4 rings (SSSR count). The third kappa shape index (κ3) is 5.09. The Bertz CT molecular complexity index is 974. The first-order valence-electron chi connectivity index (χ1n) is 10.5. The van der Waals surface area contributed by atoms with Crippen LogP contribution < -0.4 is 4.74 Å². The normalized spacial score (nSPS) is 17.5. The van der Waals surface area contributed by atoms with Crippen LogP contribution in [0.1, 0.15) is 31.2 Å². The highest BCUT2D eigenvalue weighted by Crippen LogP contribution is 2.29. The molecule has 30 heavy (non-hydrogen) atoms. The van der Waals surface area contributed by atoms with Crippen molar-refractivity contribution in [2.75, 3.05) is 26.3 Å². The molecule has 1 N–H and O–H groups in total. The lowest BCUT2D eigenvalue weighted by atomic mass is 10.0. The predicted molar refractivity (Wildman–Crippen MR) is 122 cm³/mol. The van der Waals surface area contributed by atoms with Crippen molar-refractivity contribution in [2.45, 2.75) is 38.3 Å². The Morgan fingerprint density at radius 2 is 1.87 bits per heavy atom. The van der Waals surface area contributed by atoms with Crippen molar-refractivity contribution >= 4 is 34.1 Å². The summed E-state index contributed by atoms with van der Waals surface area (Å²) in [5.74, 6) is 0.610. The largest absolute Gasteiger partial charge is 0.476 e. The molecule has 1 aromatic heterocycles. The van der Waals surface area contributed by atoms with Gasteiger partial charge in [0.15, 0.2) is 0 Å². The predicted octanol–water partition coefficient (Wildman–Crippen LogP) is 5.01. The lowest BCUT2D eigenvalue weighted by Crippen LogP contribution is -2.42. The molecule has 0 aliphatic carbocycles. The topological polar surface area (TPSA) is 50.5 Å². The van der Waals surface area contributed by atoms with E-state index in [1.165, 1.54) is 12.8 Å². The molecule has 1 fully saturated rings. The number of halogens is 2. The molecule has 160 valence electrons. The Hall–Kier alpha value is -1.79. The maximum atomic E-state index is 9.57. The highest BCUT2D eigenvalue weighted by atomic mass is 35.5. The molecule has 2 aromatic carbocycles. The number of aromatic nitrogens is 2. The summed E-state index contributed by atoms with van der Waals surface area (Å²) in [6.45, 7) is 3.42. The smallest absolute Gasteiger partial charge is 0.240 e. The van der Waals surface area contributed by atoms with E-state index in [0.717, 1.165) is 47.4 Å². The van der Waals surface area contributed by atoms with Crippen LogP contribution in [-0.2, 0) is 6.54 Å². The van der Waals surface area contributed by atoms with Gasteiger partial charge in [0.05, 0.1) is 30.7 Å². The SMILES string of the molecule is OCC1CCCCN1CCCOc1nn(Cc2ccc(Cl)cc2)c2ccc(Cl)cc12. The molecule has 0 bridgehead atoms. The van der Waals surface area contributed by atoms with Crippen molar-refractivity contribution in [3.63, 3.8) is 0 Å². The summed E-state index contributed by atoms with van der Waals surface area (Å²) < 4.78 is 8.01. The van der Waals surface area contributed by atoms with Gasteiger partial charge in [-0.05, 0) is 61.7 Å². The van der Waals surface area contributed by atoms with E-state index in [0.29, 0.717) is 24.1 Å². The minimum Gasteiger partial charge on any atom is -0.476 e. The number of aliphatic hydroxyl groups excluding tert-OH is 1. The molecular formula is C23H27Cl2N3O2. The van der Waals surface area contributed by atoms with Gasteiger partial charge in [0.1, 0.15) is 0 Å². The molecule has 7 heteroatoms. The molecule has 0 saturated carbocycles. The van der Waals surface area contributed by atoms with Gasteiger partial charge in [-0.2, -0.15) is 0 Å². The second-order valence-electron chi connectivity index (χ2n) is 7.82. The number of fused-ring (bicyclic) bond motifs is 1. The molecular weight excluding hydrogens is 421 g/mol. The Morgan fingerprint density at radius 1 is 1.07 bits per heavy atom. The van der Waals surface area contributed by atoms with E-state index < -0.39 is 0 Å². The second kappa shape index (κ2) is 10.0. The molecule has 1 unspecified atom stereocenters. The summed E-state index contributed by atoms with van der Waals surface area (Å²) in [4.78, 5) is 2.38. The first-order chi connectivity index (χ1) is 14.6. The van der Waals surface area contributed by atoms with Crippen molar-refractivity contribution in [3.8, 4) is 5.88 Å². The van der Waals surface area contributed by atoms with E-state index in [1.807, 2.05) is 47.1 Å². The van der Waals surface area contributed by atoms with Crippen LogP contribution in [0.15, 0.2) is 42.5 Å². The van der Waals surface area contributed by atoms with E-state index in [-0.39, 0.29) is 12.6 Å². The average molecular weight is 448 g/mol. The first kappa shape index (κ1) is 21.4.